The van der Waals surface area contributed by atoms with Crippen LogP contribution in [0.4, 0.5) is 0 Å². The number of hydrogen-bond acceptors (Lipinski definition) is 2. The van der Waals surface area contributed by atoms with E-state index in [2.05, 4.69) is 6.08 Å². The third kappa shape index (κ3) is 2.82. The van der Waals surface area contributed by atoms with E-state index < -0.39 is 0 Å². The number of rotatable bonds is 2. The number of hydrogen-bond donors (Lipinski definition) is 0. The first-order valence-corrected chi connectivity index (χ1v) is 5.17. The largest absolute Gasteiger partial charge is 0.382 e. The Labute approximate surface area is 79.9 Å². The van der Waals surface area contributed by atoms with Gasteiger partial charge in [-0.1, -0.05) is 11.6 Å². The number of epoxide rings is 1. The molecule has 0 amide bonds. The first kappa shape index (κ1) is 9.22. The molecule has 2 bridgehead atoms. The van der Waals surface area contributed by atoms with Gasteiger partial charge in [-0.2, -0.15) is 0 Å². The summed E-state index contributed by atoms with van der Waals surface area (Å²) in [5, 5.41) is 0. The van der Waals surface area contributed by atoms with Gasteiger partial charge in [0.05, 0.1) is 13.2 Å². The molecule has 0 spiro atoms. The molecule has 2 atom stereocenters. The van der Waals surface area contributed by atoms with Crippen LogP contribution >= 0.6 is 0 Å². The Morgan fingerprint density at radius 1 is 1.62 bits per heavy atom. The van der Waals surface area contributed by atoms with E-state index in [1.54, 1.807) is 12.7 Å². The van der Waals surface area contributed by atoms with E-state index in [0.29, 0.717) is 6.10 Å². The summed E-state index contributed by atoms with van der Waals surface area (Å²) < 4.78 is 9.56. The lowest BCUT2D eigenvalue weighted by Gasteiger charge is -1.98. The molecular weight excluding hydrogens is 164 g/mol. The number of allylic oxidation sites excluding steroid dienone is 2. The fourth-order valence-corrected chi connectivity index (χ4v) is 2.03. The van der Waals surface area contributed by atoms with Crippen LogP contribution in [0.15, 0.2) is 11.6 Å². The number of methoxy groups -OCH3 is 1. The van der Waals surface area contributed by atoms with Crippen molar-refractivity contribution < 1.29 is 9.47 Å². The van der Waals surface area contributed by atoms with Crippen molar-refractivity contribution in [3.05, 3.63) is 11.6 Å². The van der Waals surface area contributed by atoms with Crippen molar-refractivity contribution in [2.24, 2.45) is 5.92 Å². The molecule has 2 aliphatic carbocycles. The molecule has 13 heavy (non-hydrogen) atoms. The monoisotopic (exact) mass is 182 g/mol. The molecule has 2 unspecified atom stereocenters. The van der Waals surface area contributed by atoms with Gasteiger partial charge >= 0.3 is 0 Å². The molecule has 1 saturated heterocycles. The maximum Gasteiger partial charge on any atom is 0.104 e. The Morgan fingerprint density at radius 2 is 2.46 bits per heavy atom. The molecule has 0 N–H and O–H groups in total. The van der Waals surface area contributed by atoms with Gasteiger partial charge in [0.1, 0.15) is 6.10 Å². The molecule has 2 nitrogen and oxygen atoms in total. The molecule has 2 fully saturated rings. The van der Waals surface area contributed by atoms with Crippen LogP contribution in [0.2, 0.25) is 0 Å². The van der Waals surface area contributed by atoms with E-state index in [4.69, 9.17) is 9.47 Å². The second-order valence-corrected chi connectivity index (χ2v) is 4.12. The van der Waals surface area contributed by atoms with E-state index in [9.17, 15) is 0 Å². The van der Waals surface area contributed by atoms with Crippen LogP contribution < -0.4 is 0 Å². The van der Waals surface area contributed by atoms with Crippen LogP contribution in [0.25, 0.3) is 0 Å². The van der Waals surface area contributed by atoms with Crippen molar-refractivity contribution in [3.63, 3.8) is 0 Å². The maximum atomic E-state index is 4.82. The van der Waals surface area contributed by atoms with Crippen molar-refractivity contribution in [1.29, 1.82) is 0 Å². The van der Waals surface area contributed by atoms with Crippen molar-refractivity contribution in [2.45, 2.75) is 31.8 Å². The van der Waals surface area contributed by atoms with Crippen LogP contribution in [-0.2, 0) is 9.47 Å². The van der Waals surface area contributed by atoms with Crippen molar-refractivity contribution in [1.82, 2.24) is 0 Å². The fourth-order valence-electron chi connectivity index (χ4n) is 2.03. The summed E-state index contributed by atoms with van der Waals surface area (Å²) in [6.07, 6.45) is 8.61. The summed E-state index contributed by atoms with van der Waals surface area (Å²) in [5.41, 5.74) is 1.74. The SMILES string of the molecule is C1=C2CCC(C1)C2.COCC1CO1. The summed E-state index contributed by atoms with van der Waals surface area (Å²) in [7, 11) is 1.68. The second kappa shape index (κ2) is 4.25. The first-order chi connectivity index (χ1) is 6.38. The summed E-state index contributed by atoms with van der Waals surface area (Å²) in [5.74, 6) is 1.08. The standard InChI is InChI=1S/C7H10.C4H8O2/c1-2-7-4-3-6(1)5-7;1-5-2-4-3-6-4/h1,7H,2-5H2;4H,2-3H2,1H3. The first-order valence-electron chi connectivity index (χ1n) is 5.17. The lowest BCUT2D eigenvalue weighted by molar-refractivity contribution is 0.171. The molecule has 0 radical (unpaired) electrons. The number of fused-ring (bicyclic) bond motifs is 2. The predicted molar refractivity (Wildman–Crippen MR) is 51.7 cm³/mol. The van der Waals surface area contributed by atoms with E-state index in [-0.39, 0.29) is 0 Å². The zero-order chi connectivity index (χ0) is 9.10. The van der Waals surface area contributed by atoms with Crippen LogP contribution in [0.5, 0.6) is 0 Å². The number of ether oxygens (including phenoxy) is 2. The van der Waals surface area contributed by atoms with Crippen LogP contribution in [0.1, 0.15) is 25.7 Å². The average Bonchev–Trinajstić information content (AvgIpc) is 2.73. The Hall–Kier alpha value is -0.340. The van der Waals surface area contributed by atoms with Gasteiger partial charge in [0.2, 0.25) is 0 Å². The summed E-state index contributed by atoms with van der Waals surface area (Å²) in [4.78, 5) is 0. The van der Waals surface area contributed by atoms with Gasteiger partial charge in [0, 0.05) is 7.11 Å². The molecule has 2 heteroatoms. The second-order valence-electron chi connectivity index (χ2n) is 4.12. The third-order valence-electron chi connectivity index (χ3n) is 2.92. The molecule has 0 aromatic heterocycles. The van der Waals surface area contributed by atoms with Crippen molar-refractivity contribution >= 4 is 0 Å². The molecule has 3 rings (SSSR count). The van der Waals surface area contributed by atoms with Gasteiger partial charge in [-0.3, -0.25) is 0 Å². The smallest absolute Gasteiger partial charge is 0.104 e. The highest BCUT2D eigenvalue weighted by atomic mass is 16.6. The molecule has 3 aliphatic rings. The lowest BCUT2D eigenvalue weighted by atomic mass is 10.1. The molecule has 0 aromatic carbocycles. The van der Waals surface area contributed by atoms with Gasteiger partial charge in [-0.05, 0) is 31.6 Å². The van der Waals surface area contributed by atoms with E-state index in [1.165, 1.54) is 25.7 Å². The Bertz CT molecular complexity index is 194. The molecule has 1 heterocycles. The average molecular weight is 182 g/mol. The highest BCUT2D eigenvalue weighted by Gasteiger charge is 2.23. The Morgan fingerprint density at radius 3 is 2.62 bits per heavy atom. The molecule has 74 valence electrons. The molecule has 1 aliphatic heterocycles. The topological polar surface area (TPSA) is 21.8 Å². The predicted octanol–water partition coefficient (Wildman–Crippen LogP) is 2.15. The molecule has 0 aromatic rings. The van der Waals surface area contributed by atoms with Crippen LogP contribution in [-0.4, -0.2) is 26.4 Å². The maximum absolute atomic E-state index is 4.82. The summed E-state index contributed by atoms with van der Waals surface area (Å²) in [6, 6.07) is 0. The van der Waals surface area contributed by atoms with Crippen LogP contribution in [0.3, 0.4) is 0 Å². The molecular formula is C11H18O2. The quantitative estimate of drug-likeness (QED) is 0.482. The van der Waals surface area contributed by atoms with Gasteiger partial charge in [-0.15, -0.1) is 0 Å². The molecule has 1 saturated carbocycles. The minimum absolute atomic E-state index is 0.426. The minimum atomic E-state index is 0.426. The van der Waals surface area contributed by atoms with E-state index >= 15 is 0 Å². The van der Waals surface area contributed by atoms with Gasteiger partial charge in [0.25, 0.3) is 0 Å². The van der Waals surface area contributed by atoms with Gasteiger partial charge in [0.15, 0.2) is 0 Å². The summed E-state index contributed by atoms with van der Waals surface area (Å²) in [6.45, 7) is 1.66. The van der Waals surface area contributed by atoms with Crippen molar-refractivity contribution in [2.75, 3.05) is 20.3 Å². The third-order valence-corrected chi connectivity index (χ3v) is 2.92. The highest BCUT2D eigenvalue weighted by molar-refractivity contribution is 5.15. The van der Waals surface area contributed by atoms with E-state index in [0.717, 1.165) is 19.1 Å². The zero-order valence-corrected chi connectivity index (χ0v) is 8.29. The van der Waals surface area contributed by atoms with Gasteiger partial charge < -0.3 is 9.47 Å². The lowest BCUT2D eigenvalue weighted by Crippen LogP contribution is -1.94. The minimum Gasteiger partial charge on any atom is -0.382 e. The fraction of sp³-hybridized carbons (Fsp3) is 0.818. The highest BCUT2D eigenvalue weighted by Crippen LogP contribution is 2.38. The van der Waals surface area contributed by atoms with E-state index in [1.807, 2.05) is 0 Å². The summed E-state index contributed by atoms with van der Waals surface area (Å²) >= 11 is 0. The normalized spacial score (nSPS) is 33.8. The van der Waals surface area contributed by atoms with Crippen LogP contribution in [0, 0.1) is 5.92 Å². The van der Waals surface area contributed by atoms with Gasteiger partial charge in [-0.25, -0.2) is 0 Å². The Kier molecular flexibility index (Phi) is 3.01. The Balaban J connectivity index is 0.000000102. The zero-order valence-electron chi connectivity index (χ0n) is 8.29. The van der Waals surface area contributed by atoms with Crippen molar-refractivity contribution in [3.8, 4) is 0 Å².